The molecule has 0 saturated carbocycles. The van der Waals surface area contributed by atoms with E-state index in [1.54, 1.807) is 25.1 Å². The van der Waals surface area contributed by atoms with Gasteiger partial charge in [-0.05, 0) is 49.1 Å². The van der Waals surface area contributed by atoms with Gasteiger partial charge in [0.15, 0.2) is 11.6 Å². The van der Waals surface area contributed by atoms with E-state index >= 15 is 0 Å². The number of halogens is 4. The summed E-state index contributed by atoms with van der Waals surface area (Å²) in [7, 11) is -3.84. The quantitative estimate of drug-likeness (QED) is 0.356. The maximum atomic E-state index is 13.7. The van der Waals surface area contributed by atoms with Crippen molar-refractivity contribution in [2.45, 2.75) is 52.1 Å². The summed E-state index contributed by atoms with van der Waals surface area (Å²) >= 11 is 12.3. The molecule has 0 radical (unpaired) electrons. The SMILES string of the molecule is CCCNC(=O)[C@H](CC)N(Cc1ccc(Cl)cc1Cl)C(=O)CCCN(c1ccc(F)c(F)c1)S(C)(=O)=O. The Hall–Kier alpha value is -2.43. The average Bonchev–Trinajstić information content (AvgIpc) is 2.82. The topological polar surface area (TPSA) is 86.8 Å². The van der Waals surface area contributed by atoms with Crippen LogP contribution in [0.2, 0.25) is 10.0 Å². The molecule has 204 valence electrons. The van der Waals surface area contributed by atoms with Gasteiger partial charge < -0.3 is 10.2 Å². The van der Waals surface area contributed by atoms with E-state index in [1.165, 1.54) is 4.90 Å². The number of carbonyl (C=O) groups is 2. The van der Waals surface area contributed by atoms with E-state index in [0.717, 1.165) is 35.2 Å². The molecule has 1 atom stereocenters. The number of hydrogen-bond donors (Lipinski definition) is 1. The molecule has 0 aliphatic rings. The third kappa shape index (κ3) is 8.83. The lowest BCUT2D eigenvalue weighted by Gasteiger charge is -2.31. The zero-order chi connectivity index (χ0) is 27.8. The molecule has 0 bridgehead atoms. The molecule has 7 nitrogen and oxygen atoms in total. The second kappa shape index (κ2) is 13.9. The first kappa shape index (κ1) is 30.8. The van der Waals surface area contributed by atoms with Crippen LogP contribution in [-0.2, 0) is 26.2 Å². The van der Waals surface area contributed by atoms with Crippen LogP contribution in [0.15, 0.2) is 36.4 Å². The number of sulfonamides is 1. The fraction of sp³-hybridized carbons (Fsp3) is 0.440. The molecule has 0 unspecified atom stereocenters. The van der Waals surface area contributed by atoms with E-state index in [9.17, 15) is 26.8 Å². The van der Waals surface area contributed by atoms with Crippen LogP contribution >= 0.6 is 23.2 Å². The fourth-order valence-corrected chi connectivity index (χ4v) is 5.19. The number of amides is 2. The number of nitrogens with one attached hydrogen (secondary N) is 1. The maximum absolute atomic E-state index is 13.7. The summed E-state index contributed by atoms with van der Waals surface area (Å²) in [5.41, 5.74) is 0.546. The van der Waals surface area contributed by atoms with E-state index in [4.69, 9.17) is 23.2 Å². The molecule has 2 aromatic rings. The highest BCUT2D eigenvalue weighted by Crippen LogP contribution is 2.25. The van der Waals surface area contributed by atoms with E-state index < -0.39 is 27.7 Å². The van der Waals surface area contributed by atoms with Crippen LogP contribution in [0.5, 0.6) is 0 Å². The molecule has 0 aromatic heterocycles. The normalized spacial score (nSPS) is 12.2. The predicted octanol–water partition coefficient (Wildman–Crippen LogP) is 5.15. The largest absolute Gasteiger partial charge is 0.354 e. The average molecular weight is 579 g/mol. The lowest BCUT2D eigenvalue weighted by molar-refractivity contribution is -0.141. The highest BCUT2D eigenvalue weighted by molar-refractivity contribution is 7.92. The molecule has 0 aliphatic carbocycles. The standard InChI is InChI=1S/C25H31Cl2F2N3O4S/c1-4-12-30-25(34)23(5-2)31(16-17-8-9-18(26)14-20(17)27)24(33)7-6-13-32(37(3,35)36)19-10-11-21(28)22(29)15-19/h8-11,14-15,23H,4-7,12-13,16H2,1-3H3,(H,30,34)/t23-/m0/s1. The van der Waals surface area contributed by atoms with E-state index in [-0.39, 0.29) is 43.4 Å². The third-order valence-corrected chi connectivity index (χ3v) is 7.42. The van der Waals surface area contributed by atoms with Crippen LogP contribution in [0.1, 0.15) is 45.1 Å². The second-order valence-corrected chi connectivity index (χ2v) is 11.3. The Labute approximate surface area is 226 Å². The minimum absolute atomic E-state index is 0.0475. The Kier molecular flexibility index (Phi) is 11.6. The van der Waals surface area contributed by atoms with Crippen molar-refractivity contribution in [3.63, 3.8) is 0 Å². The van der Waals surface area contributed by atoms with Crippen molar-refractivity contribution in [3.05, 3.63) is 63.6 Å². The summed E-state index contributed by atoms with van der Waals surface area (Å²) in [4.78, 5) is 27.6. The zero-order valence-electron chi connectivity index (χ0n) is 20.9. The van der Waals surface area contributed by atoms with Gasteiger partial charge in [0.25, 0.3) is 0 Å². The minimum atomic E-state index is -3.84. The Bertz CT molecular complexity index is 1210. The van der Waals surface area contributed by atoms with Crippen molar-refractivity contribution in [1.29, 1.82) is 0 Å². The van der Waals surface area contributed by atoms with Crippen molar-refractivity contribution < 1.29 is 26.8 Å². The number of hydrogen-bond acceptors (Lipinski definition) is 4. The summed E-state index contributed by atoms with van der Waals surface area (Å²) in [6.45, 7) is 4.05. The van der Waals surface area contributed by atoms with Gasteiger partial charge in [-0.25, -0.2) is 17.2 Å². The molecule has 2 rings (SSSR count). The molecule has 37 heavy (non-hydrogen) atoms. The van der Waals surface area contributed by atoms with Gasteiger partial charge in [0.1, 0.15) is 6.04 Å². The van der Waals surface area contributed by atoms with Crippen molar-refractivity contribution in [3.8, 4) is 0 Å². The molecular formula is C25H31Cl2F2N3O4S. The highest BCUT2D eigenvalue weighted by atomic mass is 35.5. The van der Waals surface area contributed by atoms with Gasteiger partial charge in [-0.1, -0.05) is 43.1 Å². The first-order valence-corrected chi connectivity index (χ1v) is 14.4. The molecule has 12 heteroatoms. The Balaban J connectivity index is 2.25. The van der Waals surface area contributed by atoms with Gasteiger partial charge in [0, 0.05) is 42.2 Å². The first-order valence-electron chi connectivity index (χ1n) is 11.8. The van der Waals surface area contributed by atoms with Crippen LogP contribution in [0.25, 0.3) is 0 Å². The zero-order valence-corrected chi connectivity index (χ0v) is 23.3. The predicted molar refractivity (Wildman–Crippen MR) is 142 cm³/mol. The number of rotatable bonds is 13. The van der Waals surface area contributed by atoms with Gasteiger partial charge >= 0.3 is 0 Å². The summed E-state index contributed by atoms with van der Waals surface area (Å²) in [5, 5.41) is 3.58. The molecule has 2 aromatic carbocycles. The van der Waals surface area contributed by atoms with Crippen LogP contribution in [-0.4, -0.2) is 50.5 Å². The Morgan fingerprint density at radius 2 is 1.76 bits per heavy atom. The molecule has 0 spiro atoms. The smallest absolute Gasteiger partial charge is 0.242 e. The van der Waals surface area contributed by atoms with Crippen LogP contribution in [0.3, 0.4) is 0 Å². The number of carbonyl (C=O) groups excluding carboxylic acids is 2. The van der Waals surface area contributed by atoms with Gasteiger partial charge in [-0.2, -0.15) is 0 Å². The Morgan fingerprint density at radius 3 is 2.32 bits per heavy atom. The van der Waals surface area contributed by atoms with E-state index in [1.807, 2.05) is 6.92 Å². The van der Waals surface area contributed by atoms with E-state index in [2.05, 4.69) is 5.32 Å². The molecule has 2 amide bonds. The monoisotopic (exact) mass is 577 g/mol. The first-order chi connectivity index (χ1) is 17.4. The number of benzene rings is 2. The molecule has 1 N–H and O–H groups in total. The highest BCUT2D eigenvalue weighted by Gasteiger charge is 2.29. The van der Waals surface area contributed by atoms with Gasteiger partial charge in [-0.15, -0.1) is 0 Å². The minimum Gasteiger partial charge on any atom is -0.354 e. The molecule has 0 aliphatic heterocycles. The van der Waals surface area contributed by atoms with Crippen LogP contribution in [0.4, 0.5) is 14.5 Å². The van der Waals surface area contributed by atoms with Crippen LogP contribution < -0.4 is 9.62 Å². The number of anilines is 1. The Morgan fingerprint density at radius 1 is 1.05 bits per heavy atom. The van der Waals surface area contributed by atoms with Crippen molar-refractivity contribution in [2.75, 3.05) is 23.7 Å². The molecular weight excluding hydrogens is 547 g/mol. The summed E-state index contributed by atoms with van der Waals surface area (Å²) in [6, 6.07) is 6.87. The molecule has 0 fully saturated rings. The van der Waals surface area contributed by atoms with Gasteiger partial charge in [0.2, 0.25) is 21.8 Å². The summed E-state index contributed by atoms with van der Waals surface area (Å²) in [5.74, 6) is -2.97. The van der Waals surface area contributed by atoms with Crippen molar-refractivity contribution >= 4 is 50.7 Å². The maximum Gasteiger partial charge on any atom is 0.242 e. The lowest BCUT2D eigenvalue weighted by Crippen LogP contribution is -2.49. The van der Waals surface area contributed by atoms with E-state index in [0.29, 0.717) is 28.6 Å². The van der Waals surface area contributed by atoms with Gasteiger partial charge in [-0.3, -0.25) is 13.9 Å². The summed E-state index contributed by atoms with van der Waals surface area (Å²) < 4.78 is 52.6. The lowest BCUT2D eigenvalue weighted by atomic mass is 10.1. The third-order valence-electron chi connectivity index (χ3n) is 5.63. The molecule has 0 saturated heterocycles. The van der Waals surface area contributed by atoms with Gasteiger partial charge in [0.05, 0.1) is 11.9 Å². The van der Waals surface area contributed by atoms with Crippen molar-refractivity contribution in [2.24, 2.45) is 0 Å². The fourth-order valence-electron chi connectivity index (χ4n) is 3.76. The van der Waals surface area contributed by atoms with Crippen LogP contribution in [0, 0.1) is 11.6 Å². The van der Waals surface area contributed by atoms with Crippen molar-refractivity contribution in [1.82, 2.24) is 10.2 Å². The number of nitrogens with zero attached hydrogens (tertiary/aromatic N) is 2. The second-order valence-electron chi connectivity index (χ2n) is 8.51. The molecule has 0 heterocycles. The summed E-state index contributed by atoms with van der Waals surface area (Å²) in [6.07, 6.45) is 1.98.